The van der Waals surface area contributed by atoms with Crippen LogP contribution in [0.15, 0.2) is 18.2 Å². The van der Waals surface area contributed by atoms with Crippen molar-refractivity contribution in [2.75, 3.05) is 38.0 Å². The van der Waals surface area contributed by atoms with E-state index in [4.69, 9.17) is 0 Å². The first-order chi connectivity index (χ1) is 11.1. The fraction of sp³-hybridized carbons (Fsp3) is 0.556. The van der Waals surface area contributed by atoms with Crippen LogP contribution in [0.3, 0.4) is 0 Å². The molecule has 1 aliphatic heterocycles. The van der Waals surface area contributed by atoms with E-state index in [1.807, 2.05) is 21.9 Å². The number of piperazine rings is 1. The molecule has 1 aliphatic carbocycles. The summed E-state index contributed by atoms with van der Waals surface area (Å²) in [6, 6.07) is 6.07. The van der Waals surface area contributed by atoms with Gasteiger partial charge in [-0.05, 0) is 43.9 Å². The van der Waals surface area contributed by atoms with Gasteiger partial charge in [0.05, 0.1) is 6.54 Å². The number of carbonyl (C=O) groups excluding carboxylic acids is 2. The molecule has 0 unspecified atom stereocenters. The Morgan fingerprint density at radius 2 is 1.74 bits per heavy atom. The normalized spacial score (nSPS) is 18.0. The van der Waals surface area contributed by atoms with E-state index in [1.54, 1.807) is 0 Å². The van der Waals surface area contributed by atoms with E-state index in [0.29, 0.717) is 32.7 Å². The Labute approximate surface area is 137 Å². The van der Waals surface area contributed by atoms with Gasteiger partial charge in [0.1, 0.15) is 0 Å². The maximum Gasteiger partial charge on any atom is 0.241 e. The second-order valence-electron chi connectivity index (χ2n) is 6.58. The minimum Gasteiger partial charge on any atom is -0.376 e. The highest BCUT2D eigenvalue weighted by atomic mass is 16.2. The highest BCUT2D eigenvalue weighted by Gasteiger charge is 2.35. The van der Waals surface area contributed by atoms with Crippen LogP contribution in [0.2, 0.25) is 0 Å². The van der Waals surface area contributed by atoms with Gasteiger partial charge in [0.2, 0.25) is 11.8 Å². The largest absolute Gasteiger partial charge is 0.376 e. The Morgan fingerprint density at radius 3 is 2.39 bits per heavy atom. The van der Waals surface area contributed by atoms with Crippen LogP contribution in [-0.4, -0.2) is 54.3 Å². The molecule has 0 radical (unpaired) electrons. The lowest BCUT2D eigenvalue weighted by Crippen LogP contribution is -2.52. The molecule has 1 aromatic rings. The number of rotatable bonds is 4. The van der Waals surface area contributed by atoms with E-state index in [1.165, 1.54) is 11.1 Å². The molecule has 0 aromatic heterocycles. The van der Waals surface area contributed by atoms with Crippen molar-refractivity contribution >= 4 is 17.5 Å². The molecule has 0 spiro atoms. The molecule has 124 valence electrons. The minimum atomic E-state index is 0.101. The number of hydrogen-bond acceptors (Lipinski definition) is 3. The Morgan fingerprint density at radius 1 is 1.09 bits per heavy atom. The first kappa shape index (κ1) is 15.8. The van der Waals surface area contributed by atoms with Crippen LogP contribution in [0.25, 0.3) is 0 Å². The van der Waals surface area contributed by atoms with Crippen molar-refractivity contribution in [3.63, 3.8) is 0 Å². The Balaban J connectivity index is 1.48. The van der Waals surface area contributed by atoms with E-state index in [0.717, 1.165) is 18.5 Å². The number of carbonyl (C=O) groups is 2. The average molecular weight is 315 g/mol. The fourth-order valence-corrected chi connectivity index (χ4v) is 2.99. The van der Waals surface area contributed by atoms with Gasteiger partial charge in [-0.1, -0.05) is 12.1 Å². The molecule has 2 fully saturated rings. The van der Waals surface area contributed by atoms with Crippen LogP contribution in [0.5, 0.6) is 0 Å². The zero-order valence-corrected chi connectivity index (χ0v) is 14.0. The highest BCUT2D eigenvalue weighted by molar-refractivity contribution is 5.83. The fourth-order valence-electron chi connectivity index (χ4n) is 2.99. The van der Waals surface area contributed by atoms with Crippen molar-refractivity contribution in [3.05, 3.63) is 29.3 Å². The summed E-state index contributed by atoms with van der Waals surface area (Å²) >= 11 is 0. The van der Waals surface area contributed by atoms with Gasteiger partial charge in [-0.3, -0.25) is 9.59 Å². The first-order valence-corrected chi connectivity index (χ1v) is 8.43. The second kappa shape index (κ2) is 6.60. The lowest BCUT2D eigenvalue weighted by molar-refractivity contribution is -0.139. The molecule has 5 heteroatoms. The smallest absolute Gasteiger partial charge is 0.241 e. The molecule has 1 saturated heterocycles. The summed E-state index contributed by atoms with van der Waals surface area (Å²) < 4.78 is 0. The molecule has 1 aromatic carbocycles. The van der Waals surface area contributed by atoms with Crippen LogP contribution >= 0.6 is 0 Å². The molecule has 1 N–H and O–H groups in total. The summed E-state index contributed by atoms with van der Waals surface area (Å²) in [4.78, 5) is 28.1. The summed E-state index contributed by atoms with van der Waals surface area (Å²) in [6.07, 6.45) is 2.08. The standard InChI is InChI=1S/C18H25N3O2/c1-13-4-3-5-16(14(13)2)19-12-17(22)20-8-10-21(11-9-20)18(23)15-6-7-15/h3-5,15,19H,6-12H2,1-2H3. The number of amides is 2. The van der Waals surface area contributed by atoms with Crippen LogP contribution < -0.4 is 5.32 Å². The van der Waals surface area contributed by atoms with Crippen molar-refractivity contribution in [2.24, 2.45) is 5.92 Å². The third-order valence-corrected chi connectivity index (χ3v) is 4.91. The van der Waals surface area contributed by atoms with E-state index < -0.39 is 0 Å². The maximum atomic E-state index is 12.4. The van der Waals surface area contributed by atoms with Gasteiger partial charge in [-0.15, -0.1) is 0 Å². The van der Waals surface area contributed by atoms with Crippen LogP contribution in [0.1, 0.15) is 24.0 Å². The Hall–Kier alpha value is -2.04. The molecular weight excluding hydrogens is 290 g/mol. The van der Waals surface area contributed by atoms with Crippen molar-refractivity contribution in [2.45, 2.75) is 26.7 Å². The van der Waals surface area contributed by atoms with E-state index >= 15 is 0 Å². The quantitative estimate of drug-likeness (QED) is 0.922. The van der Waals surface area contributed by atoms with E-state index in [9.17, 15) is 9.59 Å². The molecule has 1 heterocycles. The van der Waals surface area contributed by atoms with Gasteiger partial charge in [0.15, 0.2) is 0 Å². The van der Waals surface area contributed by atoms with Crippen molar-refractivity contribution in [1.29, 1.82) is 0 Å². The van der Waals surface area contributed by atoms with E-state index in [-0.39, 0.29) is 17.7 Å². The summed E-state index contributed by atoms with van der Waals surface area (Å²) in [5.74, 6) is 0.651. The van der Waals surface area contributed by atoms with Crippen LogP contribution in [0, 0.1) is 19.8 Å². The molecule has 1 saturated carbocycles. The molecule has 0 atom stereocenters. The van der Waals surface area contributed by atoms with Gasteiger partial charge >= 0.3 is 0 Å². The molecule has 23 heavy (non-hydrogen) atoms. The van der Waals surface area contributed by atoms with Gasteiger partial charge in [-0.2, -0.15) is 0 Å². The minimum absolute atomic E-state index is 0.101. The van der Waals surface area contributed by atoms with Gasteiger partial charge in [-0.25, -0.2) is 0 Å². The number of hydrogen-bond donors (Lipinski definition) is 1. The first-order valence-electron chi connectivity index (χ1n) is 8.43. The van der Waals surface area contributed by atoms with Crippen molar-refractivity contribution < 1.29 is 9.59 Å². The lowest BCUT2D eigenvalue weighted by Gasteiger charge is -2.35. The highest BCUT2D eigenvalue weighted by Crippen LogP contribution is 2.31. The number of nitrogens with zero attached hydrogens (tertiary/aromatic N) is 2. The maximum absolute atomic E-state index is 12.4. The molecule has 5 nitrogen and oxygen atoms in total. The SMILES string of the molecule is Cc1cccc(NCC(=O)N2CCN(C(=O)C3CC3)CC2)c1C. The van der Waals surface area contributed by atoms with Crippen molar-refractivity contribution in [1.82, 2.24) is 9.80 Å². The second-order valence-corrected chi connectivity index (χ2v) is 6.58. The lowest BCUT2D eigenvalue weighted by atomic mass is 10.1. The topological polar surface area (TPSA) is 52.7 Å². The third-order valence-electron chi connectivity index (χ3n) is 4.91. The molecular formula is C18H25N3O2. The monoisotopic (exact) mass is 315 g/mol. The summed E-state index contributed by atoms with van der Waals surface area (Å²) in [7, 11) is 0. The third kappa shape index (κ3) is 3.66. The van der Waals surface area contributed by atoms with E-state index in [2.05, 4.69) is 25.2 Å². The predicted octanol–water partition coefficient (Wildman–Crippen LogP) is 1.80. The zero-order valence-electron chi connectivity index (χ0n) is 14.0. The molecule has 2 amide bonds. The zero-order chi connectivity index (χ0) is 16.4. The van der Waals surface area contributed by atoms with Crippen LogP contribution in [0.4, 0.5) is 5.69 Å². The summed E-state index contributed by atoms with van der Waals surface area (Å²) in [6.45, 7) is 7.07. The number of benzene rings is 1. The van der Waals surface area contributed by atoms with Gasteiger partial charge in [0.25, 0.3) is 0 Å². The Bertz CT molecular complexity index is 602. The number of anilines is 1. The number of aryl methyl sites for hydroxylation is 1. The molecule has 2 aliphatic rings. The van der Waals surface area contributed by atoms with Crippen molar-refractivity contribution in [3.8, 4) is 0 Å². The van der Waals surface area contributed by atoms with Gasteiger partial charge in [0, 0.05) is 37.8 Å². The molecule has 3 rings (SSSR count). The Kier molecular flexibility index (Phi) is 4.55. The average Bonchev–Trinajstić information content (AvgIpc) is 3.40. The predicted molar refractivity (Wildman–Crippen MR) is 90.3 cm³/mol. The number of nitrogens with one attached hydrogen (secondary N) is 1. The van der Waals surface area contributed by atoms with Crippen LogP contribution in [-0.2, 0) is 9.59 Å². The summed E-state index contributed by atoms with van der Waals surface area (Å²) in [5.41, 5.74) is 3.41. The summed E-state index contributed by atoms with van der Waals surface area (Å²) in [5, 5.41) is 3.24. The van der Waals surface area contributed by atoms with Gasteiger partial charge < -0.3 is 15.1 Å². The molecule has 0 bridgehead atoms.